The summed E-state index contributed by atoms with van der Waals surface area (Å²) in [5.41, 5.74) is 2.30. The Labute approximate surface area is 161 Å². The van der Waals surface area contributed by atoms with Gasteiger partial charge in [-0.15, -0.1) is 0 Å². The van der Waals surface area contributed by atoms with E-state index in [1.165, 1.54) is 12.8 Å². The number of anilines is 3. The number of nitrogens with one attached hydrogen (secondary N) is 2. The van der Waals surface area contributed by atoms with Crippen LogP contribution in [0.3, 0.4) is 0 Å². The smallest absolute Gasteiger partial charge is 0.274 e. The molecule has 3 rings (SSSR count). The number of hydrogen-bond acceptors (Lipinski definition) is 5. The van der Waals surface area contributed by atoms with Crippen LogP contribution in [0.1, 0.15) is 55.8 Å². The standard InChI is InChI=1S/C21H29N5O/c1-4-26(5-2)18-12-10-17(11-13-18)25-21(27)19-14-20(23-15(3)22-19)24-16-8-6-7-9-16/h10-14,16H,4-9H2,1-3H3,(H,25,27)(H,22,23,24). The number of aromatic nitrogens is 2. The first-order chi connectivity index (χ1) is 13.1. The predicted molar refractivity (Wildman–Crippen MR) is 111 cm³/mol. The van der Waals surface area contributed by atoms with E-state index in [9.17, 15) is 4.79 Å². The monoisotopic (exact) mass is 367 g/mol. The van der Waals surface area contributed by atoms with Gasteiger partial charge in [0.1, 0.15) is 17.3 Å². The molecule has 0 unspecified atom stereocenters. The molecule has 6 nitrogen and oxygen atoms in total. The first kappa shape index (κ1) is 19.1. The van der Waals surface area contributed by atoms with Crippen LogP contribution < -0.4 is 15.5 Å². The largest absolute Gasteiger partial charge is 0.372 e. The molecule has 1 saturated carbocycles. The first-order valence-electron chi connectivity index (χ1n) is 9.87. The van der Waals surface area contributed by atoms with Crippen LogP contribution in [0.15, 0.2) is 30.3 Å². The highest BCUT2D eigenvalue weighted by molar-refractivity contribution is 6.03. The van der Waals surface area contributed by atoms with Gasteiger partial charge < -0.3 is 15.5 Å². The molecule has 2 aromatic rings. The number of hydrogen-bond donors (Lipinski definition) is 2. The summed E-state index contributed by atoms with van der Waals surface area (Å²) in [6, 6.07) is 10.1. The van der Waals surface area contributed by atoms with E-state index in [1.807, 2.05) is 31.2 Å². The van der Waals surface area contributed by atoms with Crippen molar-refractivity contribution in [2.24, 2.45) is 0 Å². The molecule has 6 heteroatoms. The Morgan fingerprint density at radius 2 is 1.78 bits per heavy atom. The van der Waals surface area contributed by atoms with E-state index in [1.54, 1.807) is 6.07 Å². The maximum absolute atomic E-state index is 12.6. The van der Waals surface area contributed by atoms with Crippen LogP contribution >= 0.6 is 0 Å². The third-order valence-electron chi connectivity index (χ3n) is 5.03. The maximum atomic E-state index is 12.6. The fraction of sp³-hybridized carbons (Fsp3) is 0.476. The lowest BCUT2D eigenvalue weighted by Crippen LogP contribution is -2.21. The van der Waals surface area contributed by atoms with Crippen LogP contribution in [0.2, 0.25) is 0 Å². The molecule has 27 heavy (non-hydrogen) atoms. The Kier molecular flexibility index (Phi) is 6.27. The lowest BCUT2D eigenvalue weighted by molar-refractivity contribution is 0.102. The molecule has 144 valence electrons. The van der Waals surface area contributed by atoms with Gasteiger partial charge >= 0.3 is 0 Å². The number of carbonyl (C=O) groups is 1. The minimum atomic E-state index is -0.217. The van der Waals surface area contributed by atoms with Gasteiger partial charge in [-0.1, -0.05) is 12.8 Å². The van der Waals surface area contributed by atoms with Crippen LogP contribution in [0.4, 0.5) is 17.2 Å². The molecular formula is C21H29N5O. The highest BCUT2D eigenvalue weighted by atomic mass is 16.1. The van der Waals surface area contributed by atoms with Crippen molar-refractivity contribution in [1.82, 2.24) is 9.97 Å². The summed E-state index contributed by atoms with van der Waals surface area (Å²) in [6.45, 7) is 8.00. The van der Waals surface area contributed by atoms with E-state index in [4.69, 9.17) is 0 Å². The molecular weight excluding hydrogens is 338 g/mol. The lowest BCUT2D eigenvalue weighted by Gasteiger charge is -2.21. The minimum absolute atomic E-state index is 0.217. The average Bonchev–Trinajstić information content (AvgIpc) is 3.16. The number of amides is 1. The van der Waals surface area contributed by atoms with Gasteiger partial charge in [-0.25, -0.2) is 9.97 Å². The molecule has 1 fully saturated rings. The zero-order valence-electron chi connectivity index (χ0n) is 16.5. The third-order valence-corrected chi connectivity index (χ3v) is 5.03. The molecule has 1 heterocycles. The summed E-state index contributed by atoms with van der Waals surface area (Å²) < 4.78 is 0. The number of benzene rings is 1. The average molecular weight is 367 g/mol. The van der Waals surface area contributed by atoms with Crippen LogP contribution in [0.5, 0.6) is 0 Å². The van der Waals surface area contributed by atoms with Crippen LogP contribution in [0, 0.1) is 6.92 Å². The summed E-state index contributed by atoms with van der Waals surface area (Å²) in [7, 11) is 0. The summed E-state index contributed by atoms with van der Waals surface area (Å²) in [4.78, 5) is 23.6. The summed E-state index contributed by atoms with van der Waals surface area (Å²) in [5, 5.41) is 6.37. The molecule has 1 aliphatic rings. The molecule has 1 aromatic carbocycles. The molecule has 1 aromatic heterocycles. The molecule has 1 amide bonds. The topological polar surface area (TPSA) is 70.2 Å². The normalized spacial score (nSPS) is 14.2. The van der Waals surface area contributed by atoms with E-state index >= 15 is 0 Å². The summed E-state index contributed by atoms with van der Waals surface area (Å²) in [6.07, 6.45) is 4.81. The molecule has 0 radical (unpaired) electrons. The first-order valence-corrected chi connectivity index (χ1v) is 9.87. The van der Waals surface area contributed by atoms with Gasteiger partial charge in [0.05, 0.1) is 0 Å². The fourth-order valence-corrected chi connectivity index (χ4v) is 3.58. The number of aryl methyl sites for hydroxylation is 1. The predicted octanol–water partition coefficient (Wildman–Crippen LogP) is 4.24. The van der Waals surface area contributed by atoms with Crippen molar-refractivity contribution in [2.75, 3.05) is 28.6 Å². The number of rotatable bonds is 7. The molecule has 0 saturated heterocycles. The van der Waals surface area contributed by atoms with Gasteiger partial charge in [0.15, 0.2) is 0 Å². The van der Waals surface area contributed by atoms with Crippen LogP contribution in [-0.2, 0) is 0 Å². The highest BCUT2D eigenvalue weighted by Crippen LogP contribution is 2.22. The Morgan fingerprint density at radius 1 is 1.11 bits per heavy atom. The highest BCUT2D eigenvalue weighted by Gasteiger charge is 2.17. The van der Waals surface area contributed by atoms with E-state index in [0.29, 0.717) is 17.6 Å². The van der Waals surface area contributed by atoms with Gasteiger partial charge in [-0.05, 0) is 57.9 Å². The van der Waals surface area contributed by atoms with E-state index < -0.39 is 0 Å². The van der Waals surface area contributed by atoms with Crippen LogP contribution in [0.25, 0.3) is 0 Å². The molecule has 0 bridgehead atoms. The third kappa shape index (κ3) is 4.96. The molecule has 0 aliphatic heterocycles. The van der Waals surface area contributed by atoms with E-state index in [-0.39, 0.29) is 5.91 Å². The zero-order chi connectivity index (χ0) is 19.2. The zero-order valence-corrected chi connectivity index (χ0v) is 16.5. The second-order valence-electron chi connectivity index (χ2n) is 6.98. The van der Waals surface area contributed by atoms with Crippen molar-refractivity contribution in [1.29, 1.82) is 0 Å². The van der Waals surface area contributed by atoms with Gasteiger partial charge in [-0.2, -0.15) is 0 Å². The van der Waals surface area contributed by atoms with Crippen molar-refractivity contribution >= 4 is 23.1 Å². The molecule has 2 N–H and O–H groups in total. The Balaban J connectivity index is 1.69. The fourth-order valence-electron chi connectivity index (χ4n) is 3.58. The van der Waals surface area contributed by atoms with E-state index in [0.717, 1.165) is 43.1 Å². The van der Waals surface area contributed by atoms with E-state index in [2.05, 4.69) is 39.3 Å². The van der Waals surface area contributed by atoms with Crippen molar-refractivity contribution < 1.29 is 4.79 Å². The van der Waals surface area contributed by atoms with Crippen molar-refractivity contribution in [2.45, 2.75) is 52.5 Å². The Bertz CT molecular complexity index is 765. The van der Waals surface area contributed by atoms with Gasteiger partial charge in [-0.3, -0.25) is 4.79 Å². The van der Waals surface area contributed by atoms with Gasteiger partial charge in [0.2, 0.25) is 0 Å². The van der Waals surface area contributed by atoms with Gasteiger partial charge in [0, 0.05) is 36.6 Å². The second kappa shape index (κ2) is 8.84. The van der Waals surface area contributed by atoms with Crippen molar-refractivity contribution in [3.8, 4) is 0 Å². The number of carbonyl (C=O) groups excluding carboxylic acids is 1. The minimum Gasteiger partial charge on any atom is -0.372 e. The molecule has 0 spiro atoms. The van der Waals surface area contributed by atoms with Crippen LogP contribution in [-0.4, -0.2) is 35.0 Å². The maximum Gasteiger partial charge on any atom is 0.274 e. The Morgan fingerprint density at radius 3 is 2.41 bits per heavy atom. The van der Waals surface area contributed by atoms with Gasteiger partial charge in [0.25, 0.3) is 5.91 Å². The van der Waals surface area contributed by atoms with Crippen molar-refractivity contribution in [3.63, 3.8) is 0 Å². The SMILES string of the molecule is CCN(CC)c1ccc(NC(=O)c2cc(NC3CCCC3)nc(C)n2)cc1. The molecule has 1 aliphatic carbocycles. The summed E-state index contributed by atoms with van der Waals surface area (Å²) in [5.74, 6) is 1.11. The Hall–Kier alpha value is -2.63. The molecule has 0 atom stereocenters. The summed E-state index contributed by atoms with van der Waals surface area (Å²) >= 11 is 0. The number of nitrogens with zero attached hydrogens (tertiary/aromatic N) is 3. The lowest BCUT2D eigenvalue weighted by atomic mass is 10.2. The second-order valence-corrected chi connectivity index (χ2v) is 6.98. The van der Waals surface area contributed by atoms with Crippen molar-refractivity contribution in [3.05, 3.63) is 41.9 Å². The quantitative estimate of drug-likeness (QED) is 0.766.